The number of hydrogen-bond donors (Lipinski definition) is 2. The highest BCUT2D eigenvalue weighted by molar-refractivity contribution is 5.82. The van der Waals surface area contributed by atoms with Gasteiger partial charge in [-0.2, -0.15) is 0 Å². The first kappa shape index (κ1) is 13.7. The fraction of sp³-hybridized carbons (Fsp3) is 0.500. The van der Waals surface area contributed by atoms with E-state index >= 15 is 0 Å². The van der Waals surface area contributed by atoms with E-state index in [1.165, 1.54) is 0 Å². The molecule has 0 spiro atoms. The predicted octanol–water partition coefficient (Wildman–Crippen LogP) is 1.73. The van der Waals surface area contributed by atoms with E-state index in [0.717, 1.165) is 5.56 Å². The molecular formula is C14H22N2O. The summed E-state index contributed by atoms with van der Waals surface area (Å²) in [7, 11) is 1.82. The lowest BCUT2D eigenvalue weighted by atomic mass is 10.0. The van der Waals surface area contributed by atoms with Crippen LogP contribution < -0.4 is 10.6 Å². The number of nitrogens with one attached hydrogen (secondary N) is 2. The summed E-state index contributed by atoms with van der Waals surface area (Å²) in [6.07, 6.45) is 0.708. The van der Waals surface area contributed by atoms with Crippen molar-refractivity contribution in [3.05, 3.63) is 35.9 Å². The average molecular weight is 234 g/mol. The highest BCUT2D eigenvalue weighted by atomic mass is 16.2. The summed E-state index contributed by atoms with van der Waals surface area (Å²) in [6, 6.07) is 9.85. The Morgan fingerprint density at radius 2 is 1.82 bits per heavy atom. The molecule has 1 unspecified atom stereocenters. The molecule has 0 heterocycles. The van der Waals surface area contributed by atoms with Gasteiger partial charge in [-0.3, -0.25) is 4.79 Å². The fourth-order valence-electron chi connectivity index (χ4n) is 1.63. The van der Waals surface area contributed by atoms with Crippen LogP contribution in [0.2, 0.25) is 0 Å². The summed E-state index contributed by atoms with van der Waals surface area (Å²) in [4.78, 5) is 12.0. The van der Waals surface area contributed by atoms with Gasteiger partial charge >= 0.3 is 0 Å². The third kappa shape index (κ3) is 5.00. The van der Waals surface area contributed by atoms with Gasteiger partial charge in [0.2, 0.25) is 5.91 Å². The van der Waals surface area contributed by atoms with Gasteiger partial charge in [0.25, 0.3) is 0 Å². The fourth-order valence-corrected chi connectivity index (χ4v) is 1.63. The van der Waals surface area contributed by atoms with Crippen LogP contribution in [0, 0.1) is 0 Å². The van der Waals surface area contributed by atoms with E-state index in [9.17, 15) is 4.79 Å². The van der Waals surface area contributed by atoms with Crippen molar-refractivity contribution in [3.63, 3.8) is 0 Å². The van der Waals surface area contributed by atoms with E-state index in [0.29, 0.717) is 6.42 Å². The molecule has 0 aliphatic rings. The van der Waals surface area contributed by atoms with Crippen molar-refractivity contribution in [2.75, 3.05) is 7.05 Å². The number of rotatable bonds is 4. The van der Waals surface area contributed by atoms with E-state index in [4.69, 9.17) is 0 Å². The zero-order valence-electron chi connectivity index (χ0n) is 11.1. The summed E-state index contributed by atoms with van der Waals surface area (Å²) < 4.78 is 0. The Balaban J connectivity index is 2.63. The molecule has 0 fully saturated rings. The van der Waals surface area contributed by atoms with Crippen LogP contribution in [-0.4, -0.2) is 24.5 Å². The SMILES string of the molecule is CNC(Cc1ccccc1)C(=O)NC(C)(C)C. The van der Waals surface area contributed by atoms with Crippen molar-refractivity contribution in [1.82, 2.24) is 10.6 Å². The molecule has 1 aromatic rings. The Hall–Kier alpha value is -1.35. The van der Waals surface area contributed by atoms with E-state index < -0.39 is 0 Å². The molecule has 0 radical (unpaired) electrons. The first-order chi connectivity index (χ1) is 7.92. The number of amides is 1. The van der Waals surface area contributed by atoms with Crippen LogP contribution in [0.4, 0.5) is 0 Å². The van der Waals surface area contributed by atoms with Crippen molar-refractivity contribution in [3.8, 4) is 0 Å². The molecule has 94 valence electrons. The maximum Gasteiger partial charge on any atom is 0.237 e. The molecule has 0 aromatic heterocycles. The number of carbonyl (C=O) groups is 1. The maximum absolute atomic E-state index is 12.0. The highest BCUT2D eigenvalue weighted by Crippen LogP contribution is 2.05. The largest absolute Gasteiger partial charge is 0.350 e. The quantitative estimate of drug-likeness (QED) is 0.833. The minimum atomic E-state index is -0.192. The molecule has 1 amide bonds. The Kier molecular flexibility index (Phi) is 4.70. The summed E-state index contributed by atoms with van der Waals surface area (Å²) >= 11 is 0. The highest BCUT2D eigenvalue weighted by Gasteiger charge is 2.21. The lowest BCUT2D eigenvalue weighted by Gasteiger charge is -2.24. The molecule has 2 N–H and O–H groups in total. The topological polar surface area (TPSA) is 41.1 Å². The van der Waals surface area contributed by atoms with E-state index in [1.54, 1.807) is 0 Å². The van der Waals surface area contributed by atoms with Crippen LogP contribution in [0.15, 0.2) is 30.3 Å². The summed E-state index contributed by atoms with van der Waals surface area (Å²) in [6.45, 7) is 5.96. The minimum Gasteiger partial charge on any atom is -0.350 e. The number of carbonyl (C=O) groups excluding carboxylic acids is 1. The average Bonchev–Trinajstić information content (AvgIpc) is 2.24. The van der Waals surface area contributed by atoms with Gasteiger partial charge < -0.3 is 10.6 Å². The van der Waals surface area contributed by atoms with Gasteiger partial charge in [-0.25, -0.2) is 0 Å². The van der Waals surface area contributed by atoms with Crippen LogP contribution in [0.3, 0.4) is 0 Å². The molecule has 1 atom stereocenters. The van der Waals surface area contributed by atoms with Gasteiger partial charge in [-0.05, 0) is 39.8 Å². The maximum atomic E-state index is 12.0. The first-order valence-corrected chi connectivity index (χ1v) is 5.95. The van der Waals surface area contributed by atoms with Crippen LogP contribution in [0.1, 0.15) is 26.3 Å². The zero-order chi connectivity index (χ0) is 12.9. The van der Waals surface area contributed by atoms with E-state index in [-0.39, 0.29) is 17.5 Å². The third-order valence-corrected chi connectivity index (χ3v) is 2.45. The van der Waals surface area contributed by atoms with Gasteiger partial charge in [0.1, 0.15) is 0 Å². The second-order valence-electron chi connectivity index (χ2n) is 5.27. The Morgan fingerprint density at radius 1 is 1.24 bits per heavy atom. The molecule has 3 nitrogen and oxygen atoms in total. The molecular weight excluding hydrogens is 212 g/mol. The molecule has 1 aromatic carbocycles. The molecule has 0 bridgehead atoms. The summed E-state index contributed by atoms with van der Waals surface area (Å²) in [5.41, 5.74) is 0.971. The normalized spacial score (nSPS) is 13.2. The Bertz CT molecular complexity index is 354. The minimum absolute atomic E-state index is 0.0452. The van der Waals surface area contributed by atoms with Gasteiger partial charge in [0.05, 0.1) is 6.04 Å². The zero-order valence-corrected chi connectivity index (χ0v) is 11.1. The molecule has 0 aliphatic heterocycles. The van der Waals surface area contributed by atoms with Gasteiger partial charge in [-0.15, -0.1) is 0 Å². The van der Waals surface area contributed by atoms with Crippen LogP contribution >= 0.6 is 0 Å². The van der Waals surface area contributed by atoms with Gasteiger partial charge in [-0.1, -0.05) is 30.3 Å². The van der Waals surface area contributed by atoms with Crippen LogP contribution in [0.5, 0.6) is 0 Å². The molecule has 0 saturated carbocycles. The van der Waals surface area contributed by atoms with Crippen LogP contribution in [-0.2, 0) is 11.2 Å². The predicted molar refractivity (Wildman–Crippen MR) is 70.9 cm³/mol. The van der Waals surface area contributed by atoms with Crippen molar-refractivity contribution < 1.29 is 4.79 Å². The monoisotopic (exact) mass is 234 g/mol. The van der Waals surface area contributed by atoms with Crippen molar-refractivity contribution in [1.29, 1.82) is 0 Å². The summed E-state index contributed by atoms with van der Waals surface area (Å²) in [5.74, 6) is 0.0452. The lowest BCUT2D eigenvalue weighted by molar-refractivity contribution is -0.124. The Labute approximate surface area is 104 Å². The standard InChI is InChI=1S/C14H22N2O/c1-14(2,3)16-13(17)12(15-4)10-11-8-6-5-7-9-11/h5-9,12,15H,10H2,1-4H3,(H,16,17). The van der Waals surface area contributed by atoms with Crippen molar-refractivity contribution in [2.24, 2.45) is 0 Å². The summed E-state index contributed by atoms with van der Waals surface area (Å²) in [5, 5.41) is 6.05. The van der Waals surface area contributed by atoms with Gasteiger partial charge in [0, 0.05) is 5.54 Å². The van der Waals surface area contributed by atoms with E-state index in [2.05, 4.69) is 10.6 Å². The van der Waals surface area contributed by atoms with E-state index in [1.807, 2.05) is 58.2 Å². The number of hydrogen-bond acceptors (Lipinski definition) is 2. The molecule has 1 rings (SSSR count). The molecule has 17 heavy (non-hydrogen) atoms. The molecule has 0 saturated heterocycles. The molecule has 0 aliphatic carbocycles. The third-order valence-electron chi connectivity index (χ3n) is 2.45. The molecule has 3 heteroatoms. The van der Waals surface area contributed by atoms with Gasteiger partial charge in [0.15, 0.2) is 0 Å². The smallest absolute Gasteiger partial charge is 0.237 e. The number of benzene rings is 1. The second-order valence-corrected chi connectivity index (χ2v) is 5.27. The second kappa shape index (κ2) is 5.82. The van der Waals surface area contributed by atoms with Crippen molar-refractivity contribution in [2.45, 2.75) is 38.8 Å². The van der Waals surface area contributed by atoms with Crippen LogP contribution in [0.25, 0.3) is 0 Å². The first-order valence-electron chi connectivity index (χ1n) is 5.95. The Morgan fingerprint density at radius 3 is 2.29 bits per heavy atom. The lowest BCUT2D eigenvalue weighted by Crippen LogP contribution is -2.50. The number of likely N-dealkylation sites (N-methyl/N-ethyl adjacent to an activating group) is 1. The van der Waals surface area contributed by atoms with Crippen molar-refractivity contribution >= 4 is 5.91 Å².